The molecule has 2 aromatic rings. The Kier molecular flexibility index (Phi) is 2.49. The van der Waals surface area contributed by atoms with E-state index in [2.05, 4.69) is 45.2 Å². The average molecular weight is 275 g/mol. The van der Waals surface area contributed by atoms with Gasteiger partial charge in [0, 0.05) is 4.88 Å². The maximum atomic E-state index is 4.27. The van der Waals surface area contributed by atoms with Gasteiger partial charge in [0.1, 0.15) is 0 Å². The number of aromatic nitrogens is 2. The van der Waals surface area contributed by atoms with E-state index >= 15 is 0 Å². The van der Waals surface area contributed by atoms with Crippen LogP contribution >= 0.6 is 38.8 Å². The van der Waals surface area contributed by atoms with Crippen molar-refractivity contribution >= 4 is 38.8 Å². The molecule has 5 heteroatoms. The highest BCUT2D eigenvalue weighted by atomic mass is 79.9. The van der Waals surface area contributed by atoms with Crippen molar-refractivity contribution in [3.05, 3.63) is 21.2 Å². The van der Waals surface area contributed by atoms with E-state index in [4.69, 9.17) is 0 Å². The first kappa shape index (κ1) is 9.30. The molecule has 0 unspecified atom stereocenters. The third kappa shape index (κ3) is 1.82. The van der Waals surface area contributed by atoms with Crippen LogP contribution in [0.4, 0.5) is 0 Å². The molecule has 2 nitrogen and oxygen atoms in total. The van der Waals surface area contributed by atoms with Crippen molar-refractivity contribution in [1.29, 1.82) is 0 Å². The molecule has 0 spiro atoms. The SMILES string of the molecule is Cc1cc(-c2nc(Br)ns2)sc1C. The summed E-state index contributed by atoms with van der Waals surface area (Å²) in [5, 5.41) is 0.994. The van der Waals surface area contributed by atoms with Gasteiger partial charge in [-0.25, -0.2) is 4.98 Å². The van der Waals surface area contributed by atoms with Gasteiger partial charge >= 0.3 is 0 Å². The van der Waals surface area contributed by atoms with Gasteiger partial charge in [-0.3, -0.25) is 0 Å². The quantitative estimate of drug-likeness (QED) is 0.794. The third-order valence-electron chi connectivity index (χ3n) is 1.78. The van der Waals surface area contributed by atoms with E-state index in [1.54, 1.807) is 11.3 Å². The van der Waals surface area contributed by atoms with Crippen molar-refractivity contribution in [3.8, 4) is 9.88 Å². The predicted octanol–water partition coefficient (Wildman–Crippen LogP) is 3.65. The first-order valence-electron chi connectivity index (χ1n) is 3.73. The van der Waals surface area contributed by atoms with Crippen LogP contribution in [0.1, 0.15) is 10.4 Å². The van der Waals surface area contributed by atoms with E-state index in [9.17, 15) is 0 Å². The van der Waals surface area contributed by atoms with Crippen molar-refractivity contribution in [2.45, 2.75) is 13.8 Å². The predicted molar refractivity (Wildman–Crippen MR) is 60.4 cm³/mol. The summed E-state index contributed by atoms with van der Waals surface area (Å²) in [4.78, 5) is 6.82. The first-order valence-corrected chi connectivity index (χ1v) is 6.11. The summed E-state index contributed by atoms with van der Waals surface area (Å²) in [6.45, 7) is 4.24. The van der Waals surface area contributed by atoms with Crippen LogP contribution < -0.4 is 0 Å². The van der Waals surface area contributed by atoms with Gasteiger partial charge in [0.15, 0.2) is 5.01 Å². The van der Waals surface area contributed by atoms with Gasteiger partial charge in [-0.2, -0.15) is 4.37 Å². The zero-order chi connectivity index (χ0) is 9.42. The molecule has 0 radical (unpaired) electrons. The second kappa shape index (κ2) is 3.48. The number of nitrogens with zero attached hydrogens (tertiary/aromatic N) is 2. The van der Waals surface area contributed by atoms with Gasteiger partial charge in [0.25, 0.3) is 0 Å². The molecule has 0 aliphatic rings. The highest BCUT2D eigenvalue weighted by molar-refractivity contribution is 9.10. The van der Waals surface area contributed by atoms with Crippen LogP contribution in [0.3, 0.4) is 0 Å². The Balaban J connectivity index is 2.46. The normalized spacial score (nSPS) is 10.7. The Labute approximate surface area is 92.9 Å². The minimum atomic E-state index is 0.677. The zero-order valence-corrected chi connectivity index (χ0v) is 10.4. The van der Waals surface area contributed by atoms with Crippen molar-refractivity contribution in [2.24, 2.45) is 0 Å². The lowest BCUT2D eigenvalue weighted by Crippen LogP contribution is -1.68. The fraction of sp³-hybridized carbons (Fsp3) is 0.250. The van der Waals surface area contributed by atoms with Crippen LogP contribution in [-0.4, -0.2) is 9.36 Å². The maximum absolute atomic E-state index is 4.27. The Morgan fingerprint density at radius 3 is 2.62 bits per heavy atom. The topological polar surface area (TPSA) is 25.8 Å². The smallest absolute Gasteiger partial charge is 0.208 e. The Morgan fingerprint density at radius 1 is 1.38 bits per heavy atom. The van der Waals surface area contributed by atoms with Crippen LogP contribution in [0, 0.1) is 13.8 Å². The number of thiophene rings is 1. The van der Waals surface area contributed by atoms with Crippen LogP contribution in [0.25, 0.3) is 9.88 Å². The minimum absolute atomic E-state index is 0.677. The molecule has 0 aromatic carbocycles. The van der Waals surface area contributed by atoms with E-state index in [0.29, 0.717) is 4.73 Å². The molecule has 68 valence electrons. The second-order valence-electron chi connectivity index (χ2n) is 2.72. The van der Waals surface area contributed by atoms with E-state index in [1.165, 1.54) is 26.9 Å². The largest absolute Gasteiger partial charge is 0.209 e. The van der Waals surface area contributed by atoms with Crippen molar-refractivity contribution in [1.82, 2.24) is 9.36 Å². The van der Waals surface area contributed by atoms with Crippen LogP contribution in [0.5, 0.6) is 0 Å². The lowest BCUT2D eigenvalue weighted by Gasteiger charge is -1.83. The van der Waals surface area contributed by atoms with Crippen LogP contribution in [0.2, 0.25) is 0 Å². The van der Waals surface area contributed by atoms with Gasteiger partial charge < -0.3 is 0 Å². The highest BCUT2D eigenvalue weighted by Gasteiger charge is 2.08. The number of rotatable bonds is 1. The van der Waals surface area contributed by atoms with E-state index in [0.717, 1.165) is 5.01 Å². The molecule has 0 atom stereocenters. The highest BCUT2D eigenvalue weighted by Crippen LogP contribution is 2.32. The van der Waals surface area contributed by atoms with Crippen LogP contribution in [-0.2, 0) is 0 Å². The summed E-state index contributed by atoms with van der Waals surface area (Å²) in [7, 11) is 0. The summed E-state index contributed by atoms with van der Waals surface area (Å²) < 4.78 is 4.76. The number of hydrogen-bond donors (Lipinski definition) is 0. The van der Waals surface area contributed by atoms with Crippen molar-refractivity contribution in [2.75, 3.05) is 0 Å². The fourth-order valence-electron chi connectivity index (χ4n) is 0.984. The standard InChI is InChI=1S/C8H7BrN2S2/c1-4-3-6(12-5(4)2)7-10-8(9)11-13-7/h3H,1-2H3. The Bertz CT molecular complexity index is 414. The molecule has 2 aromatic heterocycles. The van der Waals surface area contributed by atoms with Gasteiger partial charge in [-0.05, 0) is 52.9 Å². The molecule has 0 fully saturated rings. The molecule has 0 aliphatic heterocycles. The molecular weight excluding hydrogens is 268 g/mol. The fourth-order valence-corrected chi connectivity index (χ4v) is 3.13. The summed E-state index contributed by atoms with van der Waals surface area (Å²) in [6.07, 6.45) is 0. The third-order valence-corrected chi connectivity index (χ3v) is 4.40. The molecule has 2 rings (SSSR count). The monoisotopic (exact) mass is 274 g/mol. The molecule has 13 heavy (non-hydrogen) atoms. The number of hydrogen-bond acceptors (Lipinski definition) is 4. The molecule has 0 amide bonds. The van der Waals surface area contributed by atoms with Crippen LogP contribution in [0.15, 0.2) is 10.8 Å². The molecule has 0 saturated carbocycles. The molecule has 0 bridgehead atoms. The first-order chi connectivity index (χ1) is 6.16. The molecule has 0 saturated heterocycles. The minimum Gasteiger partial charge on any atom is -0.208 e. The summed E-state index contributed by atoms with van der Waals surface area (Å²) >= 11 is 6.44. The summed E-state index contributed by atoms with van der Waals surface area (Å²) in [5.41, 5.74) is 1.33. The molecular formula is C8H7BrN2S2. The van der Waals surface area contributed by atoms with Gasteiger partial charge in [-0.1, -0.05) is 0 Å². The molecule has 2 heterocycles. The van der Waals surface area contributed by atoms with Gasteiger partial charge in [-0.15, -0.1) is 11.3 Å². The summed E-state index contributed by atoms with van der Waals surface area (Å²) in [5.74, 6) is 0. The summed E-state index contributed by atoms with van der Waals surface area (Å²) in [6, 6.07) is 2.16. The number of halogens is 1. The average Bonchev–Trinajstić information content (AvgIpc) is 2.61. The second-order valence-corrected chi connectivity index (χ2v) is 5.44. The van der Waals surface area contributed by atoms with E-state index in [1.807, 2.05) is 0 Å². The Morgan fingerprint density at radius 2 is 2.15 bits per heavy atom. The number of aryl methyl sites for hydroxylation is 2. The van der Waals surface area contributed by atoms with Crippen molar-refractivity contribution < 1.29 is 0 Å². The van der Waals surface area contributed by atoms with Gasteiger partial charge in [0.05, 0.1) is 4.88 Å². The Hall–Kier alpha value is -0.260. The maximum Gasteiger partial charge on any atom is 0.209 e. The molecule has 0 aliphatic carbocycles. The lowest BCUT2D eigenvalue weighted by molar-refractivity contribution is 1.26. The molecule has 0 N–H and O–H groups in total. The zero-order valence-electron chi connectivity index (χ0n) is 7.17. The van der Waals surface area contributed by atoms with E-state index in [-0.39, 0.29) is 0 Å². The van der Waals surface area contributed by atoms with Crippen molar-refractivity contribution in [3.63, 3.8) is 0 Å². The van der Waals surface area contributed by atoms with Gasteiger partial charge in [0.2, 0.25) is 4.73 Å². The lowest BCUT2D eigenvalue weighted by atomic mass is 10.3. The van der Waals surface area contributed by atoms with E-state index < -0.39 is 0 Å².